The predicted octanol–water partition coefficient (Wildman–Crippen LogP) is 1.08. The smallest absolute Gasteiger partial charge is 0.0220 e. The number of likely N-dealkylation sites (N-methyl/N-ethyl adjacent to an activating group) is 1. The Balaban J connectivity index is 1.74. The molecule has 2 nitrogen and oxygen atoms in total. The lowest BCUT2D eigenvalue weighted by molar-refractivity contribution is 0.282. The maximum Gasteiger partial charge on any atom is 0.0220 e. The van der Waals surface area contributed by atoms with E-state index in [1.165, 1.54) is 45.3 Å². The van der Waals surface area contributed by atoms with E-state index in [0.717, 1.165) is 12.0 Å². The first-order chi connectivity index (χ1) is 5.90. The van der Waals surface area contributed by atoms with Crippen molar-refractivity contribution < 1.29 is 0 Å². The third kappa shape index (κ3) is 1.99. The third-order valence-electron chi connectivity index (χ3n) is 3.22. The molecular weight excluding hydrogens is 148 g/mol. The van der Waals surface area contributed by atoms with Gasteiger partial charge in [-0.15, -0.1) is 0 Å². The molecule has 2 rings (SSSR count). The zero-order valence-electron chi connectivity index (χ0n) is 8.05. The van der Waals surface area contributed by atoms with Crippen LogP contribution in [0.3, 0.4) is 0 Å². The molecule has 0 aromatic carbocycles. The van der Waals surface area contributed by atoms with E-state index >= 15 is 0 Å². The van der Waals surface area contributed by atoms with Crippen LogP contribution in [0.1, 0.15) is 25.7 Å². The van der Waals surface area contributed by atoms with Crippen molar-refractivity contribution in [1.29, 1.82) is 0 Å². The van der Waals surface area contributed by atoms with E-state index in [1.54, 1.807) is 0 Å². The molecule has 2 fully saturated rings. The lowest BCUT2D eigenvalue weighted by Crippen LogP contribution is -2.39. The maximum atomic E-state index is 3.45. The Morgan fingerprint density at radius 3 is 2.50 bits per heavy atom. The van der Waals surface area contributed by atoms with Crippen molar-refractivity contribution in [2.75, 3.05) is 26.7 Å². The molecular formula is C10H20N2. The van der Waals surface area contributed by atoms with Gasteiger partial charge < -0.3 is 10.2 Å². The molecule has 1 saturated heterocycles. The van der Waals surface area contributed by atoms with Gasteiger partial charge in [0, 0.05) is 12.6 Å². The second kappa shape index (κ2) is 3.75. The molecule has 1 heterocycles. The van der Waals surface area contributed by atoms with Crippen LogP contribution in [0, 0.1) is 5.92 Å². The molecule has 0 unspecified atom stereocenters. The van der Waals surface area contributed by atoms with Crippen LogP contribution in [0.5, 0.6) is 0 Å². The van der Waals surface area contributed by atoms with E-state index in [9.17, 15) is 0 Å². The van der Waals surface area contributed by atoms with Crippen molar-refractivity contribution in [3.8, 4) is 0 Å². The van der Waals surface area contributed by atoms with Crippen LogP contribution >= 0.6 is 0 Å². The Bertz CT molecular complexity index is 137. The Kier molecular flexibility index (Phi) is 2.66. The van der Waals surface area contributed by atoms with Crippen molar-refractivity contribution >= 4 is 0 Å². The fourth-order valence-corrected chi connectivity index (χ4v) is 2.22. The molecule has 0 aromatic rings. The minimum atomic E-state index is 0.781. The van der Waals surface area contributed by atoms with Gasteiger partial charge in [0.2, 0.25) is 0 Å². The summed E-state index contributed by atoms with van der Waals surface area (Å²) in [5.74, 6) is 0.996. The number of hydrogen-bond acceptors (Lipinski definition) is 2. The van der Waals surface area contributed by atoms with Crippen LogP contribution in [-0.4, -0.2) is 37.6 Å². The van der Waals surface area contributed by atoms with Crippen molar-refractivity contribution in [2.24, 2.45) is 5.92 Å². The SMILES string of the molecule is CN[C@H](CN1CCCC1)C1CC1. The topological polar surface area (TPSA) is 15.3 Å². The van der Waals surface area contributed by atoms with Gasteiger partial charge in [-0.2, -0.15) is 0 Å². The summed E-state index contributed by atoms with van der Waals surface area (Å²) in [6.07, 6.45) is 5.75. The van der Waals surface area contributed by atoms with Gasteiger partial charge >= 0.3 is 0 Å². The molecule has 2 heteroatoms. The quantitative estimate of drug-likeness (QED) is 0.676. The highest BCUT2D eigenvalue weighted by molar-refractivity contribution is 4.88. The lowest BCUT2D eigenvalue weighted by Gasteiger charge is -2.22. The molecule has 0 amide bonds. The van der Waals surface area contributed by atoms with Gasteiger partial charge in [0.15, 0.2) is 0 Å². The summed E-state index contributed by atoms with van der Waals surface area (Å²) in [6, 6.07) is 0.781. The van der Waals surface area contributed by atoms with Crippen molar-refractivity contribution in [1.82, 2.24) is 10.2 Å². The first kappa shape index (κ1) is 8.52. The van der Waals surface area contributed by atoms with Crippen LogP contribution in [-0.2, 0) is 0 Å². The van der Waals surface area contributed by atoms with Crippen molar-refractivity contribution in [3.05, 3.63) is 0 Å². The molecule has 1 atom stereocenters. The average Bonchev–Trinajstić information content (AvgIpc) is 2.80. The zero-order chi connectivity index (χ0) is 8.39. The van der Waals surface area contributed by atoms with E-state index in [4.69, 9.17) is 0 Å². The fourth-order valence-electron chi connectivity index (χ4n) is 2.22. The summed E-state index contributed by atoms with van der Waals surface area (Å²) in [7, 11) is 2.11. The van der Waals surface area contributed by atoms with Crippen molar-refractivity contribution in [3.63, 3.8) is 0 Å². The van der Waals surface area contributed by atoms with E-state index in [2.05, 4.69) is 17.3 Å². The van der Waals surface area contributed by atoms with Gasteiger partial charge in [0.1, 0.15) is 0 Å². The van der Waals surface area contributed by atoms with E-state index in [1.807, 2.05) is 0 Å². The van der Waals surface area contributed by atoms with Crippen LogP contribution in [0.25, 0.3) is 0 Å². The predicted molar refractivity (Wildman–Crippen MR) is 51.2 cm³/mol. The molecule has 12 heavy (non-hydrogen) atoms. The normalized spacial score (nSPS) is 27.8. The minimum Gasteiger partial charge on any atom is -0.315 e. The van der Waals surface area contributed by atoms with Gasteiger partial charge in [-0.05, 0) is 51.7 Å². The van der Waals surface area contributed by atoms with E-state index < -0.39 is 0 Å². The van der Waals surface area contributed by atoms with Gasteiger partial charge in [-0.3, -0.25) is 0 Å². The second-order valence-corrected chi connectivity index (χ2v) is 4.24. The van der Waals surface area contributed by atoms with Gasteiger partial charge in [0.05, 0.1) is 0 Å². The van der Waals surface area contributed by atoms with Crippen LogP contribution in [0.15, 0.2) is 0 Å². The second-order valence-electron chi connectivity index (χ2n) is 4.24. The molecule has 70 valence electrons. The Hall–Kier alpha value is -0.0800. The molecule has 2 aliphatic rings. The van der Waals surface area contributed by atoms with Gasteiger partial charge in [-0.1, -0.05) is 0 Å². The number of nitrogens with zero attached hydrogens (tertiary/aromatic N) is 1. The Labute approximate surface area is 75.3 Å². The van der Waals surface area contributed by atoms with Crippen LogP contribution in [0.4, 0.5) is 0 Å². The number of rotatable bonds is 4. The van der Waals surface area contributed by atoms with Crippen LogP contribution in [0.2, 0.25) is 0 Å². The third-order valence-corrected chi connectivity index (χ3v) is 3.22. The number of nitrogens with one attached hydrogen (secondary N) is 1. The molecule has 1 aliphatic heterocycles. The highest BCUT2D eigenvalue weighted by Gasteiger charge is 2.31. The molecule has 1 N–H and O–H groups in total. The summed E-state index contributed by atoms with van der Waals surface area (Å²) in [5, 5.41) is 3.45. The molecule has 0 spiro atoms. The van der Waals surface area contributed by atoms with E-state index in [-0.39, 0.29) is 0 Å². The fraction of sp³-hybridized carbons (Fsp3) is 1.00. The molecule has 0 aromatic heterocycles. The largest absolute Gasteiger partial charge is 0.315 e. The number of likely N-dealkylation sites (tertiary alicyclic amines) is 1. The minimum absolute atomic E-state index is 0.781. The zero-order valence-corrected chi connectivity index (χ0v) is 8.05. The standard InChI is InChI=1S/C10H20N2/c1-11-10(9-4-5-9)8-12-6-2-3-7-12/h9-11H,2-8H2,1H3/t10-/m1/s1. The average molecular weight is 168 g/mol. The summed E-state index contributed by atoms with van der Waals surface area (Å²) in [6.45, 7) is 3.97. The first-order valence-electron chi connectivity index (χ1n) is 5.30. The highest BCUT2D eigenvalue weighted by atomic mass is 15.2. The monoisotopic (exact) mass is 168 g/mol. The van der Waals surface area contributed by atoms with Crippen LogP contribution < -0.4 is 5.32 Å². The Morgan fingerprint density at radius 1 is 1.33 bits per heavy atom. The molecule has 0 radical (unpaired) electrons. The molecule has 1 aliphatic carbocycles. The first-order valence-corrected chi connectivity index (χ1v) is 5.30. The molecule has 0 bridgehead atoms. The van der Waals surface area contributed by atoms with E-state index in [0.29, 0.717) is 0 Å². The summed E-state index contributed by atoms with van der Waals surface area (Å²) in [4.78, 5) is 2.61. The summed E-state index contributed by atoms with van der Waals surface area (Å²) in [5.41, 5.74) is 0. The summed E-state index contributed by atoms with van der Waals surface area (Å²) >= 11 is 0. The highest BCUT2D eigenvalue weighted by Crippen LogP contribution is 2.33. The molecule has 1 saturated carbocycles. The van der Waals surface area contributed by atoms with Gasteiger partial charge in [-0.25, -0.2) is 0 Å². The van der Waals surface area contributed by atoms with Gasteiger partial charge in [0.25, 0.3) is 0 Å². The summed E-state index contributed by atoms with van der Waals surface area (Å²) < 4.78 is 0. The van der Waals surface area contributed by atoms with Crippen molar-refractivity contribution in [2.45, 2.75) is 31.7 Å². The maximum absolute atomic E-state index is 3.45. The lowest BCUT2D eigenvalue weighted by atomic mass is 10.2. The Morgan fingerprint density at radius 2 is 2.00 bits per heavy atom. The number of hydrogen-bond donors (Lipinski definition) is 1.